The summed E-state index contributed by atoms with van der Waals surface area (Å²) in [5.74, 6) is 3.39. The molecule has 0 amide bonds. The molecule has 4 aliphatic rings. The predicted octanol–water partition coefficient (Wildman–Crippen LogP) is 19.0. The van der Waals surface area contributed by atoms with Crippen LogP contribution < -0.4 is 0 Å². The van der Waals surface area contributed by atoms with Crippen LogP contribution in [0.1, 0.15) is 184 Å². The number of benzene rings is 6. The Balaban J connectivity index is 0.882. The maximum absolute atomic E-state index is 2.41. The fourth-order valence-electron chi connectivity index (χ4n) is 12.7. The summed E-state index contributed by atoms with van der Waals surface area (Å²) in [4.78, 5) is 0. The van der Waals surface area contributed by atoms with Gasteiger partial charge in [-0.15, -0.1) is 0 Å². The molecule has 0 heterocycles. The molecule has 0 radical (unpaired) electrons. The van der Waals surface area contributed by atoms with Gasteiger partial charge < -0.3 is 0 Å². The first-order valence-corrected chi connectivity index (χ1v) is 27.6. The lowest BCUT2D eigenvalue weighted by Crippen LogP contribution is -2.09. The maximum atomic E-state index is 2.41. The molecule has 0 N–H and O–H groups in total. The van der Waals surface area contributed by atoms with E-state index in [0.29, 0.717) is 0 Å². The van der Waals surface area contributed by atoms with Gasteiger partial charge in [0.2, 0.25) is 0 Å². The Morgan fingerprint density at radius 2 is 0.485 bits per heavy atom. The van der Waals surface area contributed by atoms with E-state index in [1.807, 2.05) is 0 Å². The summed E-state index contributed by atoms with van der Waals surface area (Å²) in [6, 6.07) is 56.8. The first-order valence-electron chi connectivity index (χ1n) is 27.6. The largest absolute Gasteiger partial charge is 0.0584 e. The third-order valence-corrected chi connectivity index (χ3v) is 16.8. The highest BCUT2D eigenvalue weighted by molar-refractivity contribution is 5.93. The van der Waals surface area contributed by atoms with Gasteiger partial charge in [0.15, 0.2) is 0 Å². The summed E-state index contributed by atoms with van der Waals surface area (Å²) in [7, 11) is 0. The standard InChI is InChI=1S/C68H78/c1-5-13-51(14-6-1)45-55-25-37-63(38-26-55)67(64-39-27-56(28-40-64)46-52-15-7-2-8-16-52)49-59-21-33-61(34-22-59)62-35-23-60(24-36-62)50-68(65-41-29-57(30-42-65)47-53-17-9-3-10-18-53)66-43-31-58(32-44-66)48-54-19-11-4-12-20-54/h21-44,49-54H,1-20,45-48H2. The molecule has 0 unspecified atom stereocenters. The molecule has 350 valence electrons. The predicted molar refractivity (Wildman–Crippen MR) is 293 cm³/mol. The van der Waals surface area contributed by atoms with Crippen LogP contribution in [-0.2, 0) is 25.7 Å². The molecule has 68 heavy (non-hydrogen) atoms. The Kier molecular flexibility index (Phi) is 16.0. The van der Waals surface area contributed by atoms with Gasteiger partial charge in [0.25, 0.3) is 0 Å². The van der Waals surface area contributed by atoms with E-state index in [0.717, 1.165) is 23.7 Å². The van der Waals surface area contributed by atoms with Crippen LogP contribution in [0.25, 0.3) is 34.4 Å². The molecule has 10 rings (SSSR count). The van der Waals surface area contributed by atoms with Crippen LogP contribution in [0.15, 0.2) is 146 Å². The topological polar surface area (TPSA) is 0 Å². The molecule has 4 saturated carbocycles. The van der Waals surface area contributed by atoms with Crippen molar-refractivity contribution in [1.29, 1.82) is 0 Å². The lowest BCUT2D eigenvalue weighted by Gasteiger charge is -2.22. The molecule has 0 aromatic heterocycles. The normalized spacial score (nSPS) is 17.7. The number of rotatable bonds is 15. The van der Waals surface area contributed by atoms with E-state index in [9.17, 15) is 0 Å². The van der Waals surface area contributed by atoms with E-state index in [4.69, 9.17) is 0 Å². The van der Waals surface area contributed by atoms with Crippen LogP contribution in [0.5, 0.6) is 0 Å². The van der Waals surface area contributed by atoms with E-state index in [-0.39, 0.29) is 0 Å². The minimum Gasteiger partial charge on any atom is -0.0584 e. The van der Waals surface area contributed by atoms with Crippen molar-refractivity contribution >= 4 is 23.3 Å². The van der Waals surface area contributed by atoms with Crippen LogP contribution in [0, 0.1) is 23.7 Å². The van der Waals surface area contributed by atoms with Crippen molar-refractivity contribution in [2.75, 3.05) is 0 Å². The van der Waals surface area contributed by atoms with Crippen LogP contribution in [0.4, 0.5) is 0 Å². The van der Waals surface area contributed by atoms with Gasteiger partial charge >= 0.3 is 0 Å². The summed E-state index contributed by atoms with van der Waals surface area (Å²) in [6.45, 7) is 0. The Morgan fingerprint density at radius 1 is 0.265 bits per heavy atom. The van der Waals surface area contributed by atoms with E-state index in [2.05, 4.69) is 158 Å². The molecule has 0 heteroatoms. The summed E-state index contributed by atoms with van der Waals surface area (Å²) < 4.78 is 0. The van der Waals surface area contributed by atoms with Gasteiger partial charge in [0.1, 0.15) is 0 Å². The van der Waals surface area contributed by atoms with E-state index >= 15 is 0 Å². The Hall–Kier alpha value is -5.20. The summed E-state index contributed by atoms with van der Waals surface area (Å²) in [5, 5.41) is 0. The first kappa shape index (κ1) is 46.5. The lowest BCUT2D eigenvalue weighted by molar-refractivity contribution is 0.356. The molecule has 0 spiro atoms. The molecular weight excluding hydrogens is 817 g/mol. The minimum atomic E-state index is 0.849. The van der Waals surface area contributed by atoms with Crippen LogP contribution in [0.3, 0.4) is 0 Å². The van der Waals surface area contributed by atoms with E-state index in [1.165, 1.54) is 232 Å². The van der Waals surface area contributed by atoms with Gasteiger partial charge in [-0.05, 0) is 139 Å². The molecule has 6 aromatic carbocycles. The van der Waals surface area contributed by atoms with Crippen LogP contribution >= 0.6 is 0 Å². The average Bonchev–Trinajstić information content (AvgIpc) is 3.40. The zero-order valence-electron chi connectivity index (χ0n) is 41.3. The summed E-state index contributed by atoms with van der Waals surface area (Å²) in [5.41, 5.74) is 18.7. The molecule has 4 fully saturated rings. The van der Waals surface area contributed by atoms with Crippen molar-refractivity contribution < 1.29 is 0 Å². The zero-order chi connectivity index (χ0) is 45.7. The van der Waals surface area contributed by atoms with Gasteiger partial charge in [-0.1, -0.05) is 274 Å². The van der Waals surface area contributed by atoms with Crippen molar-refractivity contribution in [3.63, 3.8) is 0 Å². The van der Waals surface area contributed by atoms with Gasteiger partial charge in [-0.2, -0.15) is 0 Å². The molecular formula is C68H78. The smallest absolute Gasteiger partial charge is 0.0105 e. The maximum Gasteiger partial charge on any atom is -0.0105 e. The zero-order valence-corrected chi connectivity index (χ0v) is 41.3. The molecule has 0 atom stereocenters. The lowest BCUT2D eigenvalue weighted by atomic mass is 9.84. The molecule has 0 aliphatic heterocycles. The highest BCUT2D eigenvalue weighted by Gasteiger charge is 2.19. The molecule has 6 aromatic rings. The number of hydrogen-bond acceptors (Lipinski definition) is 0. The third-order valence-electron chi connectivity index (χ3n) is 16.8. The molecule has 0 saturated heterocycles. The molecule has 0 bridgehead atoms. The van der Waals surface area contributed by atoms with Crippen molar-refractivity contribution in [3.05, 3.63) is 201 Å². The summed E-state index contributed by atoms with van der Waals surface area (Å²) >= 11 is 0. The van der Waals surface area contributed by atoms with Crippen LogP contribution in [0.2, 0.25) is 0 Å². The van der Waals surface area contributed by atoms with Gasteiger partial charge in [-0.25, -0.2) is 0 Å². The van der Waals surface area contributed by atoms with Crippen molar-refractivity contribution in [1.82, 2.24) is 0 Å². The second kappa shape index (κ2) is 23.4. The minimum absolute atomic E-state index is 0.849. The van der Waals surface area contributed by atoms with Crippen molar-refractivity contribution in [2.45, 2.75) is 154 Å². The fraction of sp³-hybridized carbons (Fsp3) is 0.412. The highest BCUT2D eigenvalue weighted by atomic mass is 14.2. The van der Waals surface area contributed by atoms with E-state index < -0.39 is 0 Å². The monoisotopic (exact) mass is 895 g/mol. The second-order valence-corrected chi connectivity index (χ2v) is 22.0. The summed E-state index contributed by atoms with van der Waals surface area (Å²) in [6.07, 6.45) is 37.7. The first-order chi connectivity index (χ1) is 33.6. The highest BCUT2D eigenvalue weighted by Crippen LogP contribution is 2.35. The van der Waals surface area contributed by atoms with Gasteiger partial charge in [0, 0.05) is 0 Å². The van der Waals surface area contributed by atoms with Crippen LogP contribution in [-0.4, -0.2) is 0 Å². The Labute approximate surface area is 411 Å². The van der Waals surface area contributed by atoms with Gasteiger partial charge in [-0.3, -0.25) is 0 Å². The Morgan fingerprint density at radius 3 is 0.706 bits per heavy atom. The van der Waals surface area contributed by atoms with Crippen molar-refractivity contribution in [2.24, 2.45) is 23.7 Å². The quantitative estimate of drug-likeness (QED) is 0.0901. The number of hydrogen-bond donors (Lipinski definition) is 0. The van der Waals surface area contributed by atoms with Gasteiger partial charge in [0.05, 0.1) is 0 Å². The second-order valence-electron chi connectivity index (χ2n) is 22.0. The van der Waals surface area contributed by atoms with Crippen molar-refractivity contribution in [3.8, 4) is 11.1 Å². The third kappa shape index (κ3) is 12.7. The van der Waals surface area contributed by atoms with E-state index in [1.54, 1.807) is 0 Å². The average molecular weight is 895 g/mol. The molecule has 0 nitrogen and oxygen atoms in total. The SMILES string of the molecule is C(=C(c1ccc(CC2CCCCC2)cc1)c1ccc(CC2CCCCC2)cc1)c1ccc(-c2ccc(C=C(c3ccc(CC4CCCCC4)cc3)c3ccc(CC4CCCCC4)cc3)cc2)cc1. The molecule has 4 aliphatic carbocycles. The fourth-order valence-corrected chi connectivity index (χ4v) is 12.7. The Bertz CT molecular complexity index is 2190.